The molecule has 0 aromatic heterocycles. The molecule has 1 amide bonds. The number of nitrogens with one attached hydrogen (secondary N) is 1. The summed E-state index contributed by atoms with van der Waals surface area (Å²) in [5.74, 6) is -0.935. The van der Waals surface area contributed by atoms with Gasteiger partial charge in [0.05, 0.1) is 7.11 Å². The Hall–Kier alpha value is -3.21. The second-order valence-corrected chi connectivity index (χ2v) is 6.34. The van der Waals surface area contributed by atoms with Gasteiger partial charge >= 0.3 is 5.97 Å². The highest BCUT2D eigenvalue weighted by atomic mass is 19.1. The SMILES string of the molecule is COC(=O)/C=C/c1ccc(C=C(C(=O)NC2CC2)c2ccc(F)cc2)cc1. The van der Waals surface area contributed by atoms with Gasteiger partial charge in [0.15, 0.2) is 0 Å². The molecule has 27 heavy (non-hydrogen) atoms. The zero-order valence-corrected chi connectivity index (χ0v) is 14.9. The van der Waals surface area contributed by atoms with Gasteiger partial charge in [0.2, 0.25) is 0 Å². The van der Waals surface area contributed by atoms with Crippen LogP contribution in [0.15, 0.2) is 54.6 Å². The second kappa shape index (κ2) is 8.45. The Morgan fingerprint density at radius 1 is 1.04 bits per heavy atom. The molecule has 0 saturated heterocycles. The van der Waals surface area contributed by atoms with Gasteiger partial charge in [-0.1, -0.05) is 36.4 Å². The summed E-state index contributed by atoms with van der Waals surface area (Å²) in [5.41, 5.74) is 2.81. The molecule has 0 spiro atoms. The molecule has 1 saturated carbocycles. The van der Waals surface area contributed by atoms with Gasteiger partial charge in [-0.2, -0.15) is 0 Å². The van der Waals surface area contributed by atoms with Crippen LogP contribution >= 0.6 is 0 Å². The van der Waals surface area contributed by atoms with E-state index in [1.165, 1.54) is 25.3 Å². The van der Waals surface area contributed by atoms with Gasteiger partial charge in [-0.3, -0.25) is 4.79 Å². The number of rotatable bonds is 6. The standard InChI is InChI=1S/C22H20FNO3/c1-27-21(25)13-6-15-2-4-16(5-3-15)14-20(22(26)24-19-11-12-19)17-7-9-18(23)10-8-17/h2-10,13-14,19H,11-12H2,1H3,(H,24,26)/b13-6+,20-14?. The topological polar surface area (TPSA) is 55.4 Å². The maximum absolute atomic E-state index is 13.2. The Bertz CT molecular complexity index is 879. The number of ether oxygens (including phenoxy) is 1. The first-order chi connectivity index (χ1) is 13.0. The largest absolute Gasteiger partial charge is 0.466 e. The van der Waals surface area contributed by atoms with Crippen molar-refractivity contribution < 1.29 is 18.7 Å². The molecule has 3 rings (SSSR count). The molecule has 1 fully saturated rings. The minimum atomic E-state index is -0.422. The molecule has 0 aliphatic heterocycles. The van der Waals surface area contributed by atoms with Crippen LogP contribution in [0.4, 0.5) is 4.39 Å². The molecule has 1 aliphatic carbocycles. The van der Waals surface area contributed by atoms with Crippen molar-refractivity contribution in [3.63, 3.8) is 0 Å². The number of esters is 1. The molecular formula is C22H20FNO3. The highest BCUT2D eigenvalue weighted by molar-refractivity contribution is 6.24. The number of hydrogen-bond acceptors (Lipinski definition) is 3. The summed E-state index contributed by atoms with van der Waals surface area (Å²) in [4.78, 5) is 23.8. The van der Waals surface area contributed by atoms with E-state index in [1.807, 2.05) is 24.3 Å². The predicted octanol–water partition coefficient (Wildman–Crippen LogP) is 3.83. The van der Waals surface area contributed by atoms with Crippen LogP contribution in [0.25, 0.3) is 17.7 Å². The summed E-state index contributed by atoms with van der Waals surface area (Å²) in [6.45, 7) is 0. The first-order valence-electron chi connectivity index (χ1n) is 8.70. The predicted molar refractivity (Wildman–Crippen MR) is 103 cm³/mol. The fourth-order valence-electron chi connectivity index (χ4n) is 2.50. The van der Waals surface area contributed by atoms with E-state index in [4.69, 9.17) is 0 Å². The van der Waals surface area contributed by atoms with Crippen molar-refractivity contribution in [2.75, 3.05) is 7.11 Å². The Morgan fingerprint density at radius 2 is 1.67 bits per heavy atom. The molecule has 0 heterocycles. The van der Waals surface area contributed by atoms with E-state index in [0.29, 0.717) is 11.1 Å². The van der Waals surface area contributed by atoms with E-state index in [2.05, 4.69) is 10.1 Å². The molecule has 1 aliphatic rings. The molecule has 0 bridgehead atoms. The smallest absolute Gasteiger partial charge is 0.330 e. The minimum Gasteiger partial charge on any atom is -0.466 e. The van der Waals surface area contributed by atoms with E-state index < -0.39 is 5.97 Å². The summed E-state index contributed by atoms with van der Waals surface area (Å²) < 4.78 is 17.8. The molecule has 2 aromatic carbocycles. The fraction of sp³-hybridized carbons (Fsp3) is 0.182. The van der Waals surface area contributed by atoms with Gasteiger partial charge in [-0.15, -0.1) is 0 Å². The van der Waals surface area contributed by atoms with Crippen LogP contribution in [0.2, 0.25) is 0 Å². The first-order valence-corrected chi connectivity index (χ1v) is 8.70. The molecule has 0 radical (unpaired) electrons. The maximum Gasteiger partial charge on any atom is 0.330 e. The van der Waals surface area contributed by atoms with Crippen molar-refractivity contribution in [2.45, 2.75) is 18.9 Å². The maximum atomic E-state index is 13.2. The lowest BCUT2D eigenvalue weighted by Gasteiger charge is -2.09. The van der Waals surface area contributed by atoms with Gasteiger partial charge in [-0.05, 0) is 53.8 Å². The van der Waals surface area contributed by atoms with E-state index >= 15 is 0 Å². The van der Waals surface area contributed by atoms with Crippen LogP contribution in [0.3, 0.4) is 0 Å². The van der Waals surface area contributed by atoms with Gasteiger partial charge < -0.3 is 10.1 Å². The monoisotopic (exact) mass is 365 g/mol. The Labute approximate surface area is 157 Å². The lowest BCUT2D eigenvalue weighted by molar-refractivity contribution is -0.134. The van der Waals surface area contributed by atoms with Crippen LogP contribution < -0.4 is 5.32 Å². The van der Waals surface area contributed by atoms with Gasteiger partial charge in [0, 0.05) is 17.7 Å². The van der Waals surface area contributed by atoms with E-state index in [9.17, 15) is 14.0 Å². The van der Waals surface area contributed by atoms with Crippen molar-refractivity contribution in [1.29, 1.82) is 0 Å². The Balaban J connectivity index is 1.85. The molecule has 0 atom stereocenters. The van der Waals surface area contributed by atoms with Crippen molar-refractivity contribution in [2.24, 2.45) is 0 Å². The van der Waals surface area contributed by atoms with Crippen LogP contribution in [0.1, 0.15) is 29.5 Å². The average molecular weight is 365 g/mol. The number of amides is 1. The second-order valence-electron chi connectivity index (χ2n) is 6.34. The number of hydrogen-bond donors (Lipinski definition) is 1. The molecule has 138 valence electrons. The Kier molecular flexibility index (Phi) is 5.81. The lowest BCUT2D eigenvalue weighted by Crippen LogP contribution is -2.26. The van der Waals surface area contributed by atoms with E-state index in [1.54, 1.807) is 24.3 Å². The summed E-state index contributed by atoms with van der Waals surface area (Å²) in [6.07, 6.45) is 6.75. The zero-order chi connectivity index (χ0) is 19.2. The summed E-state index contributed by atoms with van der Waals surface area (Å²) in [6, 6.07) is 13.5. The highest BCUT2D eigenvalue weighted by Gasteiger charge is 2.25. The third kappa shape index (κ3) is 5.38. The summed E-state index contributed by atoms with van der Waals surface area (Å²) in [5, 5.41) is 2.97. The average Bonchev–Trinajstić information content (AvgIpc) is 3.50. The van der Waals surface area contributed by atoms with E-state index in [-0.39, 0.29) is 17.8 Å². The third-order valence-electron chi connectivity index (χ3n) is 4.17. The highest BCUT2D eigenvalue weighted by Crippen LogP contribution is 2.24. The number of carbonyl (C=O) groups excluding carboxylic acids is 2. The number of benzene rings is 2. The van der Waals surface area contributed by atoms with Crippen molar-refractivity contribution in [1.82, 2.24) is 5.32 Å². The van der Waals surface area contributed by atoms with Crippen LogP contribution in [0, 0.1) is 5.82 Å². The summed E-state index contributed by atoms with van der Waals surface area (Å²) >= 11 is 0. The first kappa shape index (κ1) is 18.6. The fourth-order valence-corrected chi connectivity index (χ4v) is 2.50. The van der Waals surface area contributed by atoms with Gasteiger partial charge in [0.25, 0.3) is 5.91 Å². The van der Waals surface area contributed by atoms with Crippen LogP contribution in [0.5, 0.6) is 0 Å². The molecule has 0 unspecified atom stereocenters. The van der Waals surface area contributed by atoms with E-state index in [0.717, 1.165) is 24.0 Å². The van der Waals surface area contributed by atoms with Gasteiger partial charge in [-0.25, -0.2) is 9.18 Å². The normalized spacial score (nSPS) is 14.2. The van der Waals surface area contributed by atoms with Crippen molar-refractivity contribution >= 4 is 29.6 Å². The quantitative estimate of drug-likeness (QED) is 0.481. The van der Waals surface area contributed by atoms with Gasteiger partial charge in [0.1, 0.15) is 5.82 Å². The van der Waals surface area contributed by atoms with Crippen LogP contribution in [-0.4, -0.2) is 25.0 Å². The minimum absolute atomic E-state index is 0.168. The third-order valence-corrected chi connectivity index (χ3v) is 4.17. The number of methoxy groups -OCH3 is 1. The molecule has 2 aromatic rings. The number of halogens is 1. The molecule has 5 heteroatoms. The Morgan fingerprint density at radius 3 is 2.26 bits per heavy atom. The lowest BCUT2D eigenvalue weighted by atomic mass is 10.0. The van der Waals surface area contributed by atoms with Crippen LogP contribution in [-0.2, 0) is 14.3 Å². The van der Waals surface area contributed by atoms with Crippen molar-refractivity contribution in [3.8, 4) is 0 Å². The zero-order valence-electron chi connectivity index (χ0n) is 14.9. The molecular weight excluding hydrogens is 345 g/mol. The summed E-state index contributed by atoms with van der Waals surface area (Å²) in [7, 11) is 1.32. The molecule has 1 N–H and O–H groups in total. The molecule has 4 nitrogen and oxygen atoms in total. The van der Waals surface area contributed by atoms with Crippen molar-refractivity contribution in [3.05, 3.63) is 77.1 Å². The number of carbonyl (C=O) groups is 2.